The number of fused-ring (bicyclic) bond motifs is 1. The number of esters is 2. The second-order valence-corrected chi connectivity index (χ2v) is 6.32. The van der Waals surface area contributed by atoms with E-state index in [0.29, 0.717) is 16.6 Å². The summed E-state index contributed by atoms with van der Waals surface area (Å²) in [4.78, 5) is 51.7. The molecule has 0 aliphatic rings. The van der Waals surface area contributed by atoms with Crippen LogP contribution in [-0.2, 0) is 9.47 Å². The van der Waals surface area contributed by atoms with Crippen LogP contribution in [-0.4, -0.2) is 35.9 Å². The third-order valence-corrected chi connectivity index (χ3v) is 4.37. The Morgan fingerprint density at radius 1 is 1.07 bits per heavy atom. The number of hydrogen-bond donors (Lipinski definition) is 1. The molecule has 0 radical (unpaired) electrons. The number of H-pyrrole nitrogens is 1. The van der Waals surface area contributed by atoms with Crippen LogP contribution in [0.25, 0.3) is 11.0 Å². The van der Waals surface area contributed by atoms with Crippen LogP contribution in [0, 0.1) is 13.8 Å². The quantitative estimate of drug-likeness (QED) is 0.502. The number of ether oxygens (including phenoxy) is 2. The van der Waals surface area contributed by atoms with Gasteiger partial charge in [0.2, 0.25) is 11.5 Å². The predicted molar refractivity (Wildman–Crippen MR) is 103 cm³/mol. The van der Waals surface area contributed by atoms with Crippen LogP contribution in [0.1, 0.15) is 49.6 Å². The van der Waals surface area contributed by atoms with Gasteiger partial charge in [-0.15, -0.1) is 0 Å². The Balaban J connectivity index is 1.76. The number of rotatable bonds is 6. The van der Waals surface area contributed by atoms with Gasteiger partial charge in [-0.2, -0.15) is 0 Å². The fourth-order valence-electron chi connectivity index (χ4n) is 3.02. The number of aromatic amines is 1. The molecule has 8 nitrogen and oxygen atoms in total. The molecule has 1 N–H and O–H groups in total. The monoisotopic (exact) mass is 397 g/mol. The number of ketones is 1. The first kappa shape index (κ1) is 20.1. The lowest BCUT2D eigenvalue weighted by Gasteiger charge is -2.05. The molecular weight excluding hydrogens is 378 g/mol. The maximum absolute atomic E-state index is 12.5. The highest BCUT2D eigenvalue weighted by molar-refractivity contribution is 6.03. The highest BCUT2D eigenvalue weighted by atomic mass is 16.5. The van der Waals surface area contributed by atoms with Crippen LogP contribution >= 0.6 is 0 Å². The van der Waals surface area contributed by atoms with Crippen LogP contribution in [0.3, 0.4) is 0 Å². The summed E-state index contributed by atoms with van der Waals surface area (Å²) in [7, 11) is 0. The van der Waals surface area contributed by atoms with Crippen LogP contribution < -0.4 is 5.43 Å². The fraction of sp³-hybridized carbons (Fsp3) is 0.238. The highest BCUT2D eigenvalue weighted by Crippen LogP contribution is 2.20. The van der Waals surface area contributed by atoms with E-state index in [-0.39, 0.29) is 34.6 Å². The standard InChI is InChI=1S/C21H19NO7/c1-4-27-21(26)18-11(2)19(22-12(18)3)15(24)10-28-20(25)17-9-14(23)13-7-5-6-8-16(13)29-17/h5-9,22H,4,10H2,1-3H3. The van der Waals surface area contributed by atoms with Crippen molar-refractivity contribution in [3.05, 3.63) is 68.8 Å². The van der Waals surface area contributed by atoms with Gasteiger partial charge < -0.3 is 18.9 Å². The maximum Gasteiger partial charge on any atom is 0.374 e. The SMILES string of the molecule is CCOC(=O)c1c(C)[nH]c(C(=O)COC(=O)c2cc(=O)c3ccccc3o2)c1C. The molecule has 2 heterocycles. The Labute approximate surface area is 165 Å². The first-order chi connectivity index (χ1) is 13.8. The van der Waals surface area contributed by atoms with Crippen LogP contribution in [0.4, 0.5) is 0 Å². The van der Waals surface area contributed by atoms with Crippen LogP contribution in [0.15, 0.2) is 39.5 Å². The van der Waals surface area contributed by atoms with Gasteiger partial charge in [-0.05, 0) is 38.5 Å². The van der Waals surface area contributed by atoms with Gasteiger partial charge in [-0.1, -0.05) is 12.1 Å². The van der Waals surface area contributed by atoms with Gasteiger partial charge in [0.25, 0.3) is 0 Å². The average Bonchev–Trinajstić information content (AvgIpc) is 3.00. The number of para-hydroxylation sites is 1. The van der Waals surface area contributed by atoms with Gasteiger partial charge >= 0.3 is 11.9 Å². The zero-order chi connectivity index (χ0) is 21.1. The smallest absolute Gasteiger partial charge is 0.374 e. The maximum atomic E-state index is 12.5. The third kappa shape index (κ3) is 3.96. The van der Waals surface area contributed by atoms with E-state index < -0.39 is 24.3 Å². The number of aryl methyl sites for hydroxylation is 1. The Hall–Kier alpha value is -3.68. The zero-order valence-corrected chi connectivity index (χ0v) is 16.2. The van der Waals surface area contributed by atoms with Gasteiger partial charge in [0, 0.05) is 11.8 Å². The van der Waals surface area contributed by atoms with Crippen molar-refractivity contribution in [3.8, 4) is 0 Å². The molecule has 29 heavy (non-hydrogen) atoms. The summed E-state index contributed by atoms with van der Waals surface area (Å²) in [6, 6.07) is 7.51. The molecule has 0 fully saturated rings. The molecule has 8 heteroatoms. The summed E-state index contributed by atoms with van der Waals surface area (Å²) in [6.45, 7) is 4.56. The van der Waals surface area contributed by atoms with Crippen LogP contribution in [0.2, 0.25) is 0 Å². The molecule has 0 atom stereocenters. The largest absolute Gasteiger partial charge is 0.462 e. The van der Waals surface area contributed by atoms with Gasteiger partial charge in [-0.25, -0.2) is 9.59 Å². The molecule has 0 saturated carbocycles. The molecule has 0 saturated heterocycles. The van der Waals surface area contributed by atoms with E-state index in [1.165, 1.54) is 0 Å². The Morgan fingerprint density at radius 2 is 1.79 bits per heavy atom. The van der Waals surface area contributed by atoms with Gasteiger partial charge in [-0.3, -0.25) is 9.59 Å². The fourth-order valence-corrected chi connectivity index (χ4v) is 3.02. The lowest BCUT2D eigenvalue weighted by Crippen LogP contribution is -2.17. The lowest BCUT2D eigenvalue weighted by molar-refractivity contribution is 0.0442. The second-order valence-electron chi connectivity index (χ2n) is 6.32. The third-order valence-electron chi connectivity index (χ3n) is 4.37. The van der Waals surface area contributed by atoms with Crippen molar-refractivity contribution in [3.63, 3.8) is 0 Å². The summed E-state index contributed by atoms with van der Waals surface area (Å²) in [5.74, 6) is -2.30. The minimum absolute atomic E-state index is 0.151. The Morgan fingerprint density at radius 3 is 2.52 bits per heavy atom. The predicted octanol–water partition coefficient (Wildman–Crippen LogP) is 2.95. The molecule has 0 bridgehead atoms. The van der Waals surface area contributed by atoms with E-state index in [0.717, 1.165) is 6.07 Å². The molecule has 0 aliphatic heterocycles. The van der Waals surface area contributed by atoms with Crippen molar-refractivity contribution in [2.75, 3.05) is 13.2 Å². The number of aromatic nitrogens is 1. The Kier molecular flexibility index (Phi) is 5.63. The normalized spacial score (nSPS) is 10.7. The van der Waals surface area contributed by atoms with E-state index in [9.17, 15) is 19.2 Å². The molecule has 3 rings (SSSR count). The summed E-state index contributed by atoms with van der Waals surface area (Å²) in [5, 5.41) is 0.337. The summed E-state index contributed by atoms with van der Waals surface area (Å²) < 4.78 is 15.4. The molecule has 0 amide bonds. The summed E-state index contributed by atoms with van der Waals surface area (Å²) in [6.07, 6.45) is 0. The number of nitrogens with one attached hydrogen (secondary N) is 1. The number of Topliss-reactive ketones (excluding diaryl/α,β-unsaturated/α-hetero) is 1. The van der Waals surface area contributed by atoms with Crippen molar-refractivity contribution >= 4 is 28.7 Å². The average molecular weight is 397 g/mol. The van der Waals surface area contributed by atoms with Crippen molar-refractivity contribution in [2.45, 2.75) is 20.8 Å². The molecule has 0 aliphatic carbocycles. The van der Waals surface area contributed by atoms with Crippen molar-refractivity contribution in [1.29, 1.82) is 0 Å². The van der Waals surface area contributed by atoms with Gasteiger partial charge in [0.05, 0.1) is 23.3 Å². The van der Waals surface area contributed by atoms with Gasteiger partial charge in [0.15, 0.2) is 12.0 Å². The van der Waals surface area contributed by atoms with E-state index in [2.05, 4.69) is 4.98 Å². The number of benzene rings is 1. The highest BCUT2D eigenvalue weighted by Gasteiger charge is 2.24. The number of carbonyl (C=O) groups is 3. The van der Waals surface area contributed by atoms with Gasteiger partial charge in [0.1, 0.15) is 5.58 Å². The lowest BCUT2D eigenvalue weighted by atomic mass is 10.1. The first-order valence-electron chi connectivity index (χ1n) is 8.93. The minimum atomic E-state index is -0.937. The molecule has 1 aromatic carbocycles. The van der Waals surface area contributed by atoms with E-state index in [1.54, 1.807) is 45.0 Å². The molecule has 3 aromatic rings. The summed E-state index contributed by atoms with van der Waals surface area (Å²) in [5.41, 5.74) is 1.18. The molecule has 150 valence electrons. The molecular formula is C21H19NO7. The first-order valence-corrected chi connectivity index (χ1v) is 8.93. The molecule has 0 spiro atoms. The van der Waals surface area contributed by atoms with E-state index >= 15 is 0 Å². The topological polar surface area (TPSA) is 116 Å². The van der Waals surface area contributed by atoms with Crippen LogP contribution in [0.5, 0.6) is 0 Å². The second kappa shape index (κ2) is 8.14. The van der Waals surface area contributed by atoms with E-state index in [4.69, 9.17) is 13.9 Å². The van der Waals surface area contributed by atoms with E-state index in [1.807, 2.05) is 0 Å². The number of hydrogen-bond acceptors (Lipinski definition) is 7. The molecule has 2 aromatic heterocycles. The minimum Gasteiger partial charge on any atom is -0.462 e. The molecule has 0 unspecified atom stereocenters. The summed E-state index contributed by atoms with van der Waals surface area (Å²) >= 11 is 0. The Bertz CT molecular complexity index is 1170. The number of carbonyl (C=O) groups excluding carboxylic acids is 3. The van der Waals surface area contributed by atoms with Crippen molar-refractivity contribution < 1.29 is 28.3 Å². The zero-order valence-electron chi connectivity index (χ0n) is 16.2. The van der Waals surface area contributed by atoms with Crippen molar-refractivity contribution in [1.82, 2.24) is 4.98 Å². The van der Waals surface area contributed by atoms with Crippen molar-refractivity contribution in [2.24, 2.45) is 0 Å².